The zero-order chi connectivity index (χ0) is 56.3. The number of nitrogens with one attached hydrogen (secondary N) is 2. The minimum absolute atomic E-state index is 0.00164. The van der Waals surface area contributed by atoms with E-state index in [1.165, 1.54) is 27.7 Å². The molecule has 1 heterocycles. The molecule has 2 spiro atoms. The predicted molar refractivity (Wildman–Crippen MR) is 287 cm³/mol. The van der Waals surface area contributed by atoms with Crippen molar-refractivity contribution in [2.45, 2.75) is 247 Å². The normalized spacial score (nSPS) is 44.9. The van der Waals surface area contributed by atoms with E-state index in [1.54, 1.807) is 0 Å². The Morgan fingerprint density at radius 1 is 0.500 bits per heavy atom. The number of carbonyl (C=O) groups excluding carboxylic acids is 6. The molecule has 20 atom stereocenters. The van der Waals surface area contributed by atoms with Crippen LogP contribution in [0, 0.1) is 92.7 Å². The van der Waals surface area contributed by atoms with E-state index in [-0.39, 0.29) is 153 Å². The number of hydrogen-bond acceptors (Lipinski definition) is 14. The summed E-state index contributed by atoms with van der Waals surface area (Å²) in [5, 5.41) is 6.07. The van der Waals surface area contributed by atoms with Crippen molar-refractivity contribution >= 4 is 35.7 Å². The third-order valence-electron chi connectivity index (χ3n) is 23.7. The van der Waals surface area contributed by atoms with Gasteiger partial charge in [-0.3, -0.25) is 28.8 Å². The van der Waals surface area contributed by atoms with E-state index in [2.05, 4.69) is 66.0 Å². The van der Waals surface area contributed by atoms with Crippen molar-refractivity contribution in [2.75, 3.05) is 13.1 Å². The molecular formula is C62H98N2O14. The van der Waals surface area contributed by atoms with E-state index in [9.17, 15) is 28.8 Å². The minimum Gasteiger partial charge on any atom is -0.462 e. The third-order valence-corrected chi connectivity index (χ3v) is 23.7. The molecular weight excluding hydrogens is 997 g/mol. The van der Waals surface area contributed by atoms with Gasteiger partial charge in [0, 0.05) is 102 Å². The maximum atomic E-state index is 13.1. The Hall–Kier alpha value is -3.34. The highest BCUT2D eigenvalue weighted by molar-refractivity contribution is 5.76. The van der Waals surface area contributed by atoms with Crippen molar-refractivity contribution in [2.24, 2.45) is 92.7 Å². The highest BCUT2D eigenvalue weighted by atomic mass is 17.4. The summed E-state index contributed by atoms with van der Waals surface area (Å²) in [5.41, 5.74) is -1.18. The molecule has 16 heteroatoms. The van der Waals surface area contributed by atoms with Gasteiger partial charge in [-0.05, 0) is 160 Å². The molecule has 9 rings (SSSR count). The van der Waals surface area contributed by atoms with Crippen molar-refractivity contribution in [3.05, 3.63) is 0 Å². The summed E-state index contributed by atoms with van der Waals surface area (Å²) in [4.78, 5) is 104. The van der Waals surface area contributed by atoms with Crippen LogP contribution in [0.3, 0.4) is 0 Å². The zero-order valence-corrected chi connectivity index (χ0v) is 49.5. The van der Waals surface area contributed by atoms with Gasteiger partial charge in [0.25, 0.3) is 0 Å². The second-order valence-electron chi connectivity index (χ2n) is 27.8. The van der Waals surface area contributed by atoms with Crippen LogP contribution < -0.4 is 10.6 Å². The quantitative estimate of drug-likeness (QED) is 0.0840. The molecule has 440 valence electrons. The van der Waals surface area contributed by atoms with E-state index in [1.807, 2.05) is 0 Å². The van der Waals surface area contributed by atoms with Crippen LogP contribution in [0.1, 0.15) is 212 Å². The smallest absolute Gasteiger partial charge is 0.302 e. The first kappa shape index (κ1) is 59.3. The SMILES string of the molecule is CCCNC(=O)CCC(C)[C@H]1CCC2C3C(OC(C)=O)C[C@@H]4CC5(CC[C@]4(C)C3C[C@H](OC(C)=O)[C@@]21C)OOC1(CC[C@]2(C)C3C[C@H](OC(C)=O)[C@@]4(C)C(CC[C@@H]4C(C)CCC(=O)NCCC)C3C(OC(C)=O)C[C@@H]2C1)OO5. The van der Waals surface area contributed by atoms with E-state index >= 15 is 0 Å². The molecule has 78 heavy (non-hydrogen) atoms. The highest BCUT2D eigenvalue weighted by Gasteiger charge is 2.72. The summed E-state index contributed by atoms with van der Waals surface area (Å²) in [5.74, 6) is -1.96. The third kappa shape index (κ3) is 10.7. The van der Waals surface area contributed by atoms with Crippen molar-refractivity contribution < 1.29 is 67.3 Å². The fourth-order valence-corrected chi connectivity index (χ4v) is 20.0. The second kappa shape index (κ2) is 22.8. The molecule has 0 aromatic rings. The first-order valence-electron chi connectivity index (χ1n) is 30.8. The molecule has 1 saturated heterocycles. The maximum absolute atomic E-state index is 13.1. The van der Waals surface area contributed by atoms with Crippen molar-refractivity contribution in [3.63, 3.8) is 0 Å². The van der Waals surface area contributed by atoms with Crippen molar-refractivity contribution in [1.82, 2.24) is 10.6 Å². The Labute approximate surface area is 465 Å². The lowest BCUT2D eigenvalue weighted by Gasteiger charge is -2.66. The molecule has 16 nitrogen and oxygen atoms in total. The number of hydrogen-bond donors (Lipinski definition) is 2. The van der Waals surface area contributed by atoms with Gasteiger partial charge in [-0.15, -0.1) is 0 Å². The van der Waals surface area contributed by atoms with E-state index in [0.717, 1.165) is 64.2 Å². The molecule has 8 saturated carbocycles. The van der Waals surface area contributed by atoms with Crippen LogP contribution in [-0.2, 0) is 67.3 Å². The molecule has 10 unspecified atom stereocenters. The Morgan fingerprint density at radius 3 is 1.19 bits per heavy atom. The van der Waals surface area contributed by atoms with Gasteiger partial charge in [0.05, 0.1) is 0 Å². The number of amides is 2. The Bertz CT molecular complexity index is 2080. The molecule has 0 aromatic carbocycles. The zero-order valence-electron chi connectivity index (χ0n) is 49.5. The molecule has 8 aliphatic carbocycles. The highest BCUT2D eigenvalue weighted by Crippen LogP contribution is 2.73. The first-order valence-corrected chi connectivity index (χ1v) is 30.8. The Morgan fingerprint density at radius 2 is 0.859 bits per heavy atom. The van der Waals surface area contributed by atoms with Gasteiger partial charge in [-0.25, -0.2) is 0 Å². The van der Waals surface area contributed by atoms with Crippen LogP contribution in [0.15, 0.2) is 0 Å². The summed E-state index contributed by atoms with van der Waals surface area (Å²) < 4.78 is 25.7. The average Bonchev–Trinajstić information content (AvgIpc) is 4.10. The molecule has 1 aliphatic heterocycles. The van der Waals surface area contributed by atoms with Gasteiger partial charge < -0.3 is 29.6 Å². The van der Waals surface area contributed by atoms with Gasteiger partial charge in [0.15, 0.2) is 0 Å². The molecule has 0 radical (unpaired) electrons. The number of esters is 4. The summed E-state index contributed by atoms with van der Waals surface area (Å²) >= 11 is 0. The molecule has 0 aromatic heterocycles. The summed E-state index contributed by atoms with van der Waals surface area (Å²) in [7, 11) is 0. The van der Waals surface area contributed by atoms with Crippen molar-refractivity contribution in [3.8, 4) is 0 Å². The number of carbonyl (C=O) groups is 6. The predicted octanol–water partition coefficient (Wildman–Crippen LogP) is 10.7. The number of rotatable bonds is 16. The van der Waals surface area contributed by atoms with Gasteiger partial charge in [0.1, 0.15) is 24.4 Å². The standard InChI is InChI=1S/C62H98N2O14/c1-13-27-63-53(69)21-15-35(3)43-17-19-45-55-47(31-51(59(43,45)11)73-39(7)67)57(9)23-25-61(33-41(57)29-49(55)71-37(5)65)75-77-62(78-76-61)26-24-58(10)42(34-62)30-50(72-38(6)66)56-46-20-18-44(36(4)16-22-54(70)64-28-14-2)60(46,12)52(32-48(56)58)74-40(8)68/h35-36,41-52,55-56H,13-34H2,1-12H3,(H,63,69)(H,64,70)/t35?,36?,41-,42-,43-,44-,45?,46?,47?,48?,49?,50?,51+,52+,55?,56?,57+,58+,59-,60-,61?,62?/m1/s1. The monoisotopic (exact) mass is 1090 g/mol. The van der Waals surface area contributed by atoms with Gasteiger partial charge >= 0.3 is 23.9 Å². The molecule has 9 fully saturated rings. The van der Waals surface area contributed by atoms with Gasteiger partial charge in [0.2, 0.25) is 23.4 Å². The molecule has 2 amide bonds. The molecule has 0 bridgehead atoms. The van der Waals surface area contributed by atoms with E-state index in [0.29, 0.717) is 77.3 Å². The average molecular weight is 1100 g/mol. The van der Waals surface area contributed by atoms with E-state index in [4.69, 9.17) is 38.5 Å². The van der Waals surface area contributed by atoms with Crippen LogP contribution in [0.4, 0.5) is 0 Å². The van der Waals surface area contributed by atoms with Crippen LogP contribution in [0.25, 0.3) is 0 Å². The lowest BCUT2D eigenvalue weighted by molar-refractivity contribution is -0.667. The Kier molecular flexibility index (Phi) is 17.3. The largest absolute Gasteiger partial charge is 0.462 e. The van der Waals surface area contributed by atoms with Gasteiger partial charge in [-0.2, -0.15) is 19.6 Å². The summed E-state index contributed by atoms with van der Waals surface area (Å²) in [6.07, 6.45) is 12.6. The van der Waals surface area contributed by atoms with Crippen LogP contribution in [0.5, 0.6) is 0 Å². The molecule has 9 aliphatic rings. The van der Waals surface area contributed by atoms with E-state index < -0.39 is 11.6 Å². The van der Waals surface area contributed by atoms with Gasteiger partial charge in [-0.1, -0.05) is 55.4 Å². The fourth-order valence-electron chi connectivity index (χ4n) is 20.0. The summed E-state index contributed by atoms with van der Waals surface area (Å²) in [6, 6.07) is 0. The topological polar surface area (TPSA) is 200 Å². The summed E-state index contributed by atoms with van der Waals surface area (Å²) in [6.45, 7) is 25.3. The van der Waals surface area contributed by atoms with Crippen LogP contribution in [0.2, 0.25) is 0 Å². The van der Waals surface area contributed by atoms with Crippen LogP contribution >= 0.6 is 0 Å². The first-order chi connectivity index (χ1) is 36.9. The lowest BCUT2D eigenvalue weighted by Crippen LogP contribution is -2.66. The number of fused-ring (bicyclic) bond motifs is 10. The number of ether oxygens (including phenoxy) is 4. The van der Waals surface area contributed by atoms with Crippen LogP contribution in [-0.4, -0.2) is 84.8 Å². The minimum atomic E-state index is -1.20. The Balaban J connectivity index is 0.912. The van der Waals surface area contributed by atoms with Crippen molar-refractivity contribution in [1.29, 1.82) is 0 Å². The second-order valence-corrected chi connectivity index (χ2v) is 27.8. The fraction of sp³-hybridized carbons (Fsp3) is 0.903. The lowest BCUT2D eigenvalue weighted by atomic mass is 9.42. The molecule has 2 N–H and O–H groups in total. The maximum Gasteiger partial charge on any atom is 0.302 e.